The molecule has 10 rings (SSSR count). The van der Waals surface area contributed by atoms with Crippen LogP contribution in [-0.4, -0.2) is 66.9 Å². The second-order valence-corrected chi connectivity index (χ2v) is 16.4. The molecule has 2 amide bonds. The van der Waals surface area contributed by atoms with Crippen molar-refractivity contribution in [1.82, 2.24) is 40.5 Å². The number of para-hydroxylation sites is 2. The van der Waals surface area contributed by atoms with Gasteiger partial charge in [-0.25, -0.2) is 19.9 Å². The summed E-state index contributed by atoms with van der Waals surface area (Å²) in [4.78, 5) is 48.8. The molecule has 2 saturated carbocycles. The lowest BCUT2D eigenvalue weighted by Gasteiger charge is -2.18. The van der Waals surface area contributed by atoms with Gasteiger partial charge in [-0.05, 0) is 63.8 Å². The average molecular weight is 799 g/mol. The van der Waals surface area contributed by atoms with Gasteiger partial charge in [0, 0.05) is 71.9 Å². The molecule has 2 aromatic carbocycles. The average Bonchev–Trinajstić information content (AvgIpc) is 3.69. The third-order valence-electron chi connectivity index (χ3n) is 12.0. The van der Waals surface area contributed by atoms with E-state index in [9.17, 15) is 14.0 Å². The van der Waals surface area contributed by atoms with Gasteiger partial charge >= 0.3 is 0 Å². The number of nitrogens with zero attached hydrogens (tertiary/aromatic N) is 4. The first kappa shape index (κ1) is 40.1. The molecular weight excluding hydrogens is 744 g/mol. The van der Waals surface area contributed by atoms with E-state index in [4.69, 9.17) is 15.7 Å². The maximum absolute atomic E-state index is 13.8. The van der Waals surface area contributed by atoms with E-state index in [0.717, 1.165) is 74.9 Å². The Balaban J connectivity index is 0.000000142. The first-order chi connectivity index (χ1) is 28.7. The van der Waals surface area contributed by atoms with Crippen LogP contribution in [-0.2, 0) is 12.8 Å². The van der Waals surface area contributed by atoms with Crippen LogP contribution in [0.15, 0.2) is 48.5 Å². The zero-order chi connectivity index (χ0) is 40.9. The van der Waals surface area contributed by atoms with Gasteiger partial charge in [0.1, 0.15) is 16.9 Å². The number of H-pyrrole nitrogens is 2. The van der Waals surface area contributed by atoms with E-state index in [2.05, 4.69) is 42.0 Å². The standard InChI is InChI=1S/C23H27N5O.C16H13FN4O.C7H15N/c1-14-22(26-15-7-4-2-3-5-8-15)28-21-16(9-6-10-19(21)25-14)20-13-17-18(27-20)11-12-24-23(17)29;1-8-15(17)21-14-9(3-2-4-12(14)19-8)13-7-10-11(20-13)5-6-18-16(10)22;8-7-5-3-1-2-4-6-7/h6,9-10,13,15,27H,2-5,7-8,11-12H2,1H3,(H,24,29)(H,26,28);2-4,7,20H,5-6H2,1H3,(H,18,22);7H,1-6,8H2. The summed E-state index contributed by atoms with van der Waals surface area (Å²) in [5, 5.41) is 9.39. The van der Waals surface area contributed by atoms with Crippen molar-refractivity contribution in [1.29, 1.82) is 0 Å². The Morgan fingerprint density at radius 3 is 1.64 bits per heavy atom. The lowest BCUT2D eigenvalue weighted by molar-refractivity contribution is 0.0937. The summed E-state index contributed by atoms with van der Waals surface area (Å²) in [6, 6.07) is 16.3. The number of fused-ring (bicyclic) bond motifs is 4. The highest BCUT2D eigenvalue weighted by molar-refractivity contribution is 6.00. The molecule has 6 heterocycles. The molecule has 13 heteroatoms. The molecule has 59 heavy (non-hydrogen) atoms. The van der Waals surface area contributed by atoms with Gasteiger partial charge < -0.3 is 31.7 Å². The van der Waals surface area contributed by atoms with Gasteiger partial charge in [-0.15, -0.1) is 0 Å². The summed E-state index contributed by atoms with van der Waals surface area (Å²) < 4.78 is 13.8. The topological polar surface area (TPSA) is 179 Å². The first-order valence-corrected chi connectivity index (χ1v) is 21.4. The predicted octanol–water partition coefficient (Wildman–Crippen LogP) is 8.38. The van der Waals surface area contributed by atoms with Crippen LogP contribution in [0, 0.1) is 19.8 Å². The van der Waals surface area contributed by atoms with Gasteiger partial charge in [-0.1, -0.05) is 75.6 Å². The number of rotatable bonds is 4. The number of carbonyl (C=O) groups is 2. The van der Waals surface area contributed by atoms with E-state index < -0.39 is 5.95 Å². The van der Waals surface area contributed by atoms with Gasteiger partial charge in [-0.3, -0.25) is 9.59 Å². The van der Waals surface area contributed by atoms with E-state index >= 15 is 0 Å². The van der Waals surface area contributed by atoms with Crippen molar-refractivity contribution in [2.75, 3.05) is 18.4 Å². The number of halogens is 1. The van der Waals surface area contributed by atoms with Crippen LogP contribution in [0.3, 0.4) is 0 Å². The van der Waals surface area contributed by atoms with Crippen molar-refractivity contribution >= 4 is 39.7 Å². The lowest BCUT2D eigenvalue weighted by atomic mass is 10.1. The first-order valence-electron chi connectivity index (χ1n) is 21.4. The Hall–Kier alpha value is -5.69. The van der Waals surface area contributed by atoms with Crippen LogP contribution in [0.25, 0.3) is 44.6 Å². The van der Waals surface area contributed by atoms with Gasteiger partial charge in [-0.2, -0.15) is 4.39 Å². The van der Waals surface area contributed by atoms with Crippen LogP contribution < -0.4 is 21.7 Å². The van der Waals surface area contributed by atoms with Gasteiger partial charge in [0.15, 0.2) is 0 Å². The van der Waals surface area contributed by atoms with Crippen LogP contribution >= 0.6 is 0 Å². The second-order valence-electron chi connectivity index (χ2n) is 16.4. The van der Waals surface area contributed by atoms with Crippen molar-refractivity contribution in [3.8, 4) is 22.5 Å². The number of hydrogen-bond donors (Lipinski definition) is 6. The fourth-order valence-corrected chi connectivity index (χ4v) is 8.69. The molecule has 4 aliphatic rings. The normalized spacial score (nSPS) is 17.3. The summed E-state index contributed by atoms with van der Waals surface area (Å²) in [5.74, 6) is 0.212. The van der Waals surface area contributed by atoms with Crippen molar-refractivity contribution in [2.24, 2.45) is 5.73 Å². The maximum atomic E-state index is 13.8. The smallest absolute Gasteiger partial charge is 0.253 e. The minimum Gasteiger partial charge on any atom is -0.366 e. The molecule has 0 bridgehead atoms. The number of amides is 2. The van der Waals surface area contributed by atoms with Crippen molar-refractivity contribution in [3.05, 3.63) is 88.4 Å². The third-order valence-corrected chi connectivity index (χ3v) is 12.0. The summed E-state index contributed by atoms with van der Waals surface area (Å²) in [5.41, 5.74) is 16.5. The molecule has 0 atom stereocenters. The van der Waals surface area contributed by atoms with Gasteiger partial charge in [0.2, 0.25) is 5.95 Å². The van der Waals surface area contributed by atoms with E-state index in [0.29, 0.717) is 41.8 Å². The number of carbonyl (C=O) groups excluding carboxylic acids is 2. The fourth-order valence-electron chi connectivity index (χ4n) is 8.69. The Morgan fingerprint density at radius 1 is 0.627 bits per heavy atom. The number of nitrogens with one attached hydrogen (secondary N) is 5. The Bertz CT molecular complexity index is 2460. The van der Waals surface area contributed by atoms with Crippen molar-refractivity contribution in [2.45, 2.75) is 116 Å². The van der Waals surface area contributed by atoms with Crippen molar-refractivity contribution in [3.63, 3.8) is 0 Å². The molecule has 308 valence electrons. The van der Waals surface area contributed by atoms with E-state index in [1.165, 1.54) is 77.0 Å². The molecule has 7 N–H and O–H groups in total. The molecule has 0 saturated heterocycles. The zero-order valence-electron chi connectivity index (χ0n) is 34.1. The van der Waals surface area contributed by atoms with Crippen LogP contribution in [0.4, 0.5) is 10.2 Å². The summed E-state index contributed by atoms with van der Waals surface area (Å²) in [7, 11) is 0. The van der Waals surface area contributed by atoms with Gasteiger partial charge in [0.25, 0.3) is 11.8 Å². The number of hydrogen-bond acceptors (Lipinski definition) is 8. The Labute approximate surface area is 344 Å². The molecular formula is C46H55FN10O2. The zero-order valence-corrected chi connectivity index (χ0v) is 34.1. The molecule has 4 aromatic heterocycles. The van der Waals surface area contributed by atoms with Crippen LogP contribution in [0.1, 0.15) is 121 Å². The molecule has 0 spiro atoms. The summed E-state index contributed by atoms with van der Waals surface area (Å²) in [6.45, 7) is 4.91. The Morgan fingerprint density at radius 2 is 1.12 bits per heavy atom. The molecule has 0 radical (unpaired) electrons. The lowest BCUT2D eigenvalue weighted by Crippen LogP contribution is -2.31. The minimum absolute atomic E-state index is 0.00775. The molecule has 2 fully saturated rings. The predicted molar refractivity (Wildman–Crippen MR) is 231 cm³/mol. The molecule has 12 nitrogen and oxygen atoms in total. The third kappa shape index (κ3) is 9.15. The number of aromatic nitrogens is 6. The highest BCUT2D eigenvalue weighted by atomic mass is 19.1. The molecule has 2 aliphatic heterocycles. The number of aromatic amines is 2. The fraction of sp³-hybridized carbons (Fsp3) is 0.435. The molecule has 6 aromatic rings. The number of aryl methyl sites for hydroxylation is 2. The van der Waals surface area contributed by atoms with Crippen LogP contribution in [0.5, 0.6) is 0 Å². The van der Waals surface area contributed by atoms with E-state index in [1.54, 1.807) is 19.1 Å². The Kier molecular flexibility index (Phi) is 12.3. The molecule has 0 unspecified atom stereocenters. The quantitative estimate of drug-likeness (QED) is 0.0963. The van der Waals surface area contributed by atoms with Crippen LogP contribution in [0.2, 0.25) is 0 Å². The van der Waals surface area contributed by atoms with Gasteiger partial charge in [0.05, 0.1) is 33.5 Å². The highest BCUT2D eigenvalue weighted by Gasteiger charge is 2.23. The minimum atomic E-state index is -0.575. The van der Waals surface area contributed by atoms with E-state index in [-0.39, 0.29) is 17.5 Å². The maximum Gasteiger partial charge on any atom is 0.253 e. The number of anilines is 1. The summed E-state index contributed by atoms with van der Waals surface area (Å²) in [6.07, 6.45) is 17.3. The monoisotopic (exact) mass is 798 g/mol. The highest BCUT2D eigenvalue weighted by Crippen LogP contribution is 2.32. The number of nitrogens with two attached hydrogens (primary N) is 1. The largest absolute Gasteiger partial charge is 0.366 e. The second kappa shape index (κ2) is 18.1. The SMILES string of the molecule is Cc1nc2cccc(-c3cc4c([nH]3)CCNC4=O)c2nc1F.Cc1nc2cccc(-c3cc4c([nH]3)CCNC4=O)c2nc1NC1CCCCCC1.NC1CCCCCC1. The van der Waals surface area contributed by atoms with Crippen molar-refractivity contribution < 1.29 is 14.0 Å². The molecule has 2 aliphatic carbocycles. The van der Waals surface area contributed by atoms with E-state index in [1.807, 2.05) is 37.3 Å². The number of benzene rings is 2. The summed E-state index contributed by atoms with van der Waals surface area (Å²) >= 11 is 0.